The number of carbonyl (C=O) groups is 2. The lowest BCUT2D eigenvalue weighted by Crippen LogP contribution is -2.66. The number of hydrogen-bond acceptors (Lipinski definition) is 4. The zero-order chi connectivity index (χ0) is 24.8. The topological polar surface area (TPSA) is 49.9 Å². The van der Waals surface area contributed by atoms with Crippen LogP contribution in [-0.2, 0) is 9.22 Å². The van der Waals surface area contributed by atoms with Crippen LogP contribution in [0.1, 0.15) is 32.4 Å². The first kappa shape index (κ1) is 25.2. The highest BCUT2D eigenvalue weighted by Gasteiger charge is 2.55. The fourth-order valence-corrected chi connectivity index (χ4v) is 8.14. The van der Waals surface area contributed by atoms with E-state index in [9.17, 15) is 9.59 Å². The molecule has 0 aliphatic carbocycles. The summed E-state index contributed by atoms with van der Waals surface area (Å²) in [6.45, 7) is 6.45. The predicted molar refractivity (Wildman–Crippen MR) is 145 cm³/mol. The number of amides is 3. The summed E-state index contributed by atoms with van der Waals surface area (Å²) in [5.41, 5.74) is 1.63. The lowest BCUT2D eigenvalue weighted by atomic mass is 9.91. The summed E-state index contributed by atoms with van der Waals surface area (Å²) >= 11 is 1.31. The largest absolute Gasteiger partial charge is 0.403 e. The van der Waals surface area contributed by atoms with Crippen molar-refractivity contribution in [2.75, 3.05) is 4.31 Å². The Morgan fingerprint density at radius 2 is 1.37 bits per heavy atom. The van der Waals surface area contributed by atoms with Gasteiger partial charge in [-0.05, 0) is 59.9 Å². The maximum atomic E-state index is 14.0. The number of rotatable bonds is 9. The minimum absolute atomic E-state index is 0.259. The van der Waals surface area contributed by atoms with E-state index in [0.29, 0.717) is 0 Å². The summed E-state index contributed by atoms with van der Waals surface area (Å²) in [7, 11) is -2.06. The lowest BCUT2D eigenvalue weighted by Gasteiger charge is -2.49. The molecule has 2 atom stereocenters. The van der Waals surface area contributed by atoms with Crippen molar-refractivity contribution in [1.29, 1.82) is 0 Å². The van der Waals surface area contributed by atoms with Crippen LogP contribution < -0.4 is 4.31 Å². The maximum Gasteiger partial charge on any atom is 0.342 e. The van der Waals surface area contributed by atoms with Crippen LogP contribution in [0.4, 0.5) is 10.5 Å². The maximum absolute atomic E-state index is 14.0. The molecule has 1 heterocycles. The van der Waals surface area contributed by atoms with Crippen LogP contribution in [0, 0.1) is 0 Å². The average molecular weight is 505 g/mol. The van der Waals surface area contributed by atoms with Gasteiger partial charge in [-0.2, -0.15) is 0 Å². The highest BCUT2D eigenvalue weighted by molar-refractivity contribution is 8.01. The van der Waals surface area contributed by atoms with E-state index in [-0.39, 0.29) is 11.9 Å². The monoisotopic (exact) mass is 504 g/mol. The van der Waals surface area contributed by atoms with E-state index in [2.05, 4.69) is 20.8 Å². The van der Waals surface area contributed by atoms with Gasteiger partial charge in [-0.3, -0.25) is 9.69 Å². The number of imide groups is 1. The molecule has 0 bridgehead atoms. The summed E-state index contributed by atoms with van der Waals surface area (Å²) in [6, 6.07) is 31.0. The molecule has 3 amide bonds. The minimum atomic E-state index is -2.06. The second kappa shape index (κ2) is 11.2. The van der Waals surface area contributed by atoms with Gasteiger partial charge in [0.15, 0.2) is 14.4 Å². The van der Waals surface area contributed by atoms with Crippen LogP contribution in [-0.4, -0.2) is 31.3 Å². The van der Waals surface area contributed by atoms with E-state index in [1.807, 2.05) is 91.0 Å². The Hall–Kier alpha value is -2.87. The van der Waals surface area contributed by atoms with Gasteiger partial charge in [0.2, 0.25) is 0 Å². The molecule has 35 heavy (non-hydrogen) atoms. The van der Waals surface area contributed by atoms with Crippen molar-refractivity contribution >= 4 is 37.9 Å². The predicted octanol–water partition coefficient (Wildman–Crippen LogP) is 7.29. The molecule has 3 aromatic carbocycles. The summed E-state index contributed by atoms with van der Waals surface area (Å²) < 4.78 is 8.26. The van der Waals surface area contributed by atoms with E-state index < -0.39 is 20.5 Å². The van der Waals surface area contributed by atoms with E-state index in [0.717, 1.165) is 34.3 Å². The van der Waals surface area contributed by atoms with Gasteiger partial charge in [-0.1, -0.05) is 87.5 Å². The molecule has 0 N–H and O–H groups in total. The Morgan fingerprint density at radius 3 is 1.91 bits per heavy atom. The molecule has 0 spiro atoms. The first-order valence-electron chi connectivity index (χ1n) is 12.2. The van der Waals surface area contributed by atoms with Gasteiger partial charge in [-0.25, -0.2) is 9.10 Å². The molecule has 0 saturated carbocycles. The summed E-state index contributed by atoms with van der Waals surface area (Å²) in [5, 5.41) is 0. The second-order valence-corrected chi connectivity index (χ2v) is 14.4. The Kier molecular flexibility index (Phi) is 8.10. The molecule has 1 saturated heterocycles. The number of hydrogen-bond donors (Lipinski definition) is 0. The minimum Gasteiger partial charge on any atom is -0.403 e. The molecule has 1 aliphatic rings. The van der Waals surface area contributed by atoms with Gasteiger partial charge >= 0.3 is 6.03 Å². The van der Waals surface area contributed by atoms with E-state index in [1.165, 1.54) is 16.8 Å². The summed E-state index contributed by atoms with van der Waals surface area (Å²) in [5.74, 6) is -0.259. The zero-order valence-corrected chi connectivity index (χ0v) is 22.3. The van der Waals surface area contributed by atoms with Gasteiger partial charge in [0, 0.05) is 4.90 Å². The van der Waals surface area contributed by atoms with Crippen molar-refractivity contribution < 1.29 is 14.0 Å². The molecule has 5 nitrogen and oxygen atoms in total. The van der Waals surface area contributed by atoms with Gasteiger partial charge in [-0.15, -0.1) is 0 Å². The van der Waals surface area contributed by atoms with Gasteiger partial charge in [0.25, 0.3) is 5.91 Å². The number of β-lactam (4-membered cyclic amide) rings is 1. The highest BCUT2D eigenvalue weighted by atomic mass is 32.2. The van der Waals surface area contributed by atoms with E-state index in [4.69, 9.17) is 4.43 Å². The van der Waals surface area contributed by atoms with Crippen molar-refractivity contribution in [2.45, 2.75) is 55.9 Å². The molecule has 0 unspecified atom stereocenters. The quantitative estimate of drug-likeness (QED) is 0.174. The van der Waals surface area contributed by atoms with Gasteiger partial charge < -0.3 is 4.43 Å². The van der Waals surface area contributed by atoms with Crippen LogP contribution in [0.5, 0.6) is 0 Å². The summed E-state index contributed by atoms with van der Waals surface area (Å²) in [4.78, 5) is 29.9. The molecule has 7 heteroatoms. The number of para-hydroxylation sites is 1. The fourth-order valence-electron chi connectivity index (χ4n) is 4.48. The van der Waals surface area contributed by atoms with Crippen molar-refractivity contribution in [2.24, 2.45) is 0 Å². The SMILES string of the molecule is CC[Si](CC)(CC)O[C@@H]1C(=O)N(C(=O)N(Sc2ccccc2)c2ccccc2)[C@@H]1c1ccccc1. The number of likely N-dealkylation sites (tertiary alicyclic amines) is 1. The van der Waals surface area contributed by atoms with Gasteiger partial charge in [0.1, 0.15) is 6.04 Å². The lowest BCUT2D eigenvalue weighted by molar-refractivity contribution is -0.157. The third-order valence-electron chi connectivity index (χ3n) is 6.81. The van der Waals surface area contributed by atoms with E-state index in [1.54, 1.807) is 4.31 Å². The molecule has 0 radical (unpaired) electrons. The molecule has 0 aromatic heterocycles. The van der Waals surface area contributed by atoms with Crippen LogP contribution in [0.2, 0.25) is 18.1 Å². The van der Waals surface area contributed by atoms with E-state index >= 15 is 0 Å². The van der Waals surface area contributed by atoms with Crippen LogP contribution in [0.25, 0.3) is 0 Å². The first-order chi connectivity index (χ1) is 17.0. The Labute approximate surface area is 213 Å². The number of anilines is 1. The van der Waals surface area contributed by atoms with Crippen molar-refractivity contribution in [3.63, 3.8) is 0 Å². The average Bonchev–Trinajstić information content (AvgIpc) is 2.92. The Morgan fingerprint density at radius 1 is 0.857 bits per heavy atom. The number of nitrogens with zero attached hydrogens (tertiary/aromatic N) is 2. The van der Waals surface area contributed by atoms with Crippen molar-refractivity contribution in [3.05, 3.63) is 96.6 Å². The fraction of sp³-hybridized carbons (Fsp3) is 0.286. The molecule has 1 aliphatic heterocycles. The molecule has 182 valence electrons. The zero-order valence-electron chi connectivity index (χ0n) is 20.5. The molecule has 3 aromatic rings. The molecule has 1 fully saturated rings. The first-order valence-corrected chi connectivity index (χ1v) is 15.5. The normalized spacial score (nSPS) is 17.7. The van der Waals surface area contributed by atoms with Gasteiger partial charge in [0.05, 0.1) is 5.69 Å². The Bertz CT molecular complexity index is 1120. The smallest absolute Gasteiger partial charge is 0.342 e. The number of carbonyl (C=O) groups excluding carboxylic acids is 2. The molecular weight excluding hydrogens is 472 g/mol. The number of benzene rings is 3. The van der Waals surface area contributed by atoms with Crippen LogP contribution in [0.3, 0.4) is 0 Å². The summed E-state index contributed by atoms with van der Waals surface area (Å²) in [6.07, 6.45) is -0.632. The van der Waals surface area contributed by atoms with Crippen LogP contribution in [0.15, 0.2) is 95.9 Å². The standard InChI is InChI=1S/C28H32N2O3SSi/c1-4-35(5-2,6-3)33-26-25(22-16-10-7-11-17-22)29(27(26)31)28(32)30(23-18-12-8-13-19-23)34-24-20-14-9-15-21-24/h7-21,25-26H,4-6H2,1-3H3/t25-,26+/m1/s1. The highest BCUT2D eigenvalue weighted by Crippen LogP contribution is 2.43. The van der Waals surface area contributed by atoms with Crippen LogP contribution >= 0.6 is 11.9 Å². The van der Waals surface area contributed by atoms with Crippen molar-refractivity contribution in [3.8, 4) is 0 Å². The third-order valence-corrected chi connectivity index (χ3v) is 12.5. The molecule has 4 rings (SSSR count). The number of urea groups is 1. The second-order valence-electron chi connectivity index (χ2n) is 8.66. The third kappa shape index (κ3) is 5.22. The van der Waals surface area contributed by atoms with Crippen molar-refractivity contribution in [1.82, 2.24) is 4.90 Å². The Balaban J connectivity index is 1.69. The molecular formula is C28H32N2O3SSi.